The summed E-state index contributed by atoms with van der Waals surface area (Å²) in [6.07, 6.45) is 0. The van der Waals surface area contributed by atoms with Crippen LogP contribution in [0, 0.1) is 11.3 Å². The number of nitriles is 1. The Kier molecular flexibility index (Phi) is 5.68. The molecule has 1 aromatic rings. The molecule has 0 aliphatic rings. The van der Waals surface area contributed by atoms with Gasteiger partial charge in [-0.25, -0.2) is 0 Å². The zero-order valence-corrected chi connectivity index (χ0v) is 10.6. The van der Waals surface area contributed by atoms with Crippen molar-refractivity contribution in [1.82, 2.24) is 5.32 Å². The first kappa shape index (κ1) is 14.0. The lowest BCUT2D eigenvalue weighted by Crippen LogP contribution is -2.39. The van der Waals surface area contributed by atoms with E-state index < -0.39 is 0 Å². The normalized spacial score (nSPS) is 11.4. The Balaban J connectivity index is 2.35. The zero-order valence-electron chi connectivity index (χ0n) is 10.6. The molecule has 0 aliphatic carbocycles. The second-order valence-corrected chi connectivity index (χ2v) is 3.97. The van der Waals surface area contributed by atoms with E-state index in [1.54, 1.807) is 31.4 Å². The molecule has 1 amide bonds. The van der Waals surface area contributed by atoms with Crippen LogP contribution >= 0.6 is 0 Å². The third kappa shape index (κ3) is 4.85. The van der Waals surface area contributed by atoms with Crippen LogP contribution in [-0.4, -0.2) is 32.2 Å². The molecule has 0 bridgehead atoms. The number of amides is 1. The summed E-state index contributed by atoms with van der Waals surface area (Å²) < 4.78 is 4.93. The van der Waals surface area contributed by atoms with E-state index in [4.69, 9.17) is 10.00 Å². The minimum Gasteiger partial charge on any atom is -0.383 e. The van der Waals surface area contributed by atoms with Crippen LogP contribution in [0.3, 0.4) is 0 Å². The van der Waals surface area contributed by atoms with Crippen molar-refractivity contribution in [1.29, 1.82) is 5.26 Å². The van der Waals surface area contributed by atoms with Gasteiger partial charge in [0.25, 0.3) is 0 Å². The van der Waals surface area contributed by atoms with Gasteiger partial charge < -0.3 is 15.4 Å². The largest absolute Gasteiger partial charge is 0.383 e. The molecule has 1 aromatic carbocycles. The SMILES string of the molecule is COCC(C)NC(=O)CNc1ccc(C#N)cc1. The van der Waals surface area contributed by atoms with Crippen LogP contribution in [0.15, 0.2) is 24.3 Å². The number of hydrogen-bond donors (Lipinski definition) is 2. The monoisotopic (exact) mass is 247 g/mol. The highest BCUT2D eigenvalue weighted by Gasteiger charge is 2.06. The molecule has 1 atom stereocenters. The molecule has 0 aliphatic heterocycles. The van der Waals surface area contributed by atoms with Gasteiger partial charge >= 0.3 is 0 Å². The van der Waals surface area contributed by atoms with Crippen LogP contribution < -0.4 is 10.6 Å². The first-order valence-electron chi connectivity index (χ1n) is 5.68. The molecule has 0 saturated heterocycles. The lowest BCUT2D eigenvalue weighted by Gasteiger charge is -2.13. The van der Waals surface area contributed by atoms with Crippen molar-refractivity contribution in [3.63, 3.8) is 0 Å². The van der Waals surface area contributed by atoms with E-state index in [2.05, 4.69) is 10.6 Å². The van der Waals surface area contributed by atoms with Gasteiger partial charge in [0.2, 0.25) is 5.91 Å². The molecular weight excluding hydrogens is 230 g/mol. The number of anilines is 1. The maximum atomic E-state index is 11.5. The van der Waals surface area contributed by atoms with Crippen LogP contribution in [0.25, 0.3) is 0 Å². The third-order valence-corrected chi connectivity index (χ3v) is 2.29. The van der Waals surface area contributed by atoms with E-state index >= 15 is 0 Å². The number of nitrogens with zero attached hydrogens (tertiary/aromatic N) is 1. The molecule has 0 saturated carbocycles. The summed E-state index contributed by atoms with van der Waals surface area (Å²) in [5, 5.41) is 14.4. The van der Waals surface area contributed by atoms with Crippen molar-refractivity contribution < 1.29 is 9.53 Å². The smallest absolute Gasteiger partial charge is 0.239 e. The van der Waals surface area contributed by atoms with Crippen LogP contribution in [0.4, 0.5) is 5.69 Å². The Labute approximate surface area is 107 Å². The van der Waals surface area contributed by atoms with E-state index in [0.717, 1.165) is 5.69 Å². The fraction of sp³-hybridized carbons (Fsp3) is 0.385. The quantitative estimate of drug-likeness (QED) is 0.790. The first-order chi connectivity index (χ1) is 8.65. The molecule has 0 fully saturated rings. The highest BCUT2D eigenvalue weighted by molar-refractivity contribution is 5.80. The Bertz CT molecular complexity index is 423. The summed E-state index contributed by atoms with van der Waals surface area (Å²) in [6.45, 7) is 2.56. The summed E-state index contributed by atoms with van der Waals surface area (Å²) in [7, 11) is 1.59. The Morgan fingerprint density at radius 2 is 2.11 bits per heavy atom. The van der Waals surface area contributed by atoms with E-state index in [1.807, 2.05) is 13.0 Å². The van der Waals surface area contributed by atoms with Crippen molar-refractivity contribution in [2.75, 3.05) is 25.6 Å². The predicted octanol–water partition coefficient (Wildman–Crippen LogP) is 1.12. The molecule has 2 N–H and O–H groups in total. The predicted molar refractivity (Wildman–Crippen MR) is 69.1 cm³/mol. The number of methoxy groups -OCH3 is 1. The van der Waals surface area contributed by atoms with Gasteiger partial charge in [-0.05, 0) is 31.2 Å². The summed E-state index contributed by atoms with van der Waals surface area (Å²) in [6, 6.07) is 8.97. The van der Waals surface area contributed by atoms with Gasteiger partial charge in [0, 0.05) is 18.8 Å². The number of ether oxygens (including phenoxy) is 1. The minimum atomic E-state index is -0.0936. The van der Waals surface area contributed by atoms with Gasteiger partial charge in [0.1, 0.15) is 0 Å². The highest BCUT2D eigenvalue weighted by Crippen LogP contribution is 2.07. The molecule has 96 valence electrons. The fourth-order valence-corrected chi connectivity index (χ4v) is 1.46. The van der Waals surface area contributed by atoms with Crippen LogP contribution in [-0.2, 0) is 9.53 Å². The maximum absolute atomic E-state index is 11.5. The molecule has 1 unspecified atom stereocenters. The second-order valence-electron chi connectivity index (χ2n) is 3.97. The summed E-state index contributed by atoms with van der Waals surface area (Å²) >= 11 is 0. The van der Waals surface area contributed by atoms with E-state index in [-0.39, 0.29) is 18.5 Å². The molecule has 5 heteroatoms. The first-order valence-corrected chi connectivity index (χ1v) is 5.68. The van der Waals surface area contributed by atoms with Crippen molar-refractivity contribution >= 4 is 11.6 Å². The molecule has 0 heterocycles. The molecule has 5 nitrogen and oxygen atoms in total. The number of nitrogens with one attached hydrogen (secondary N) is 2. The third-order valence-electron chi connectivity index (χ3n) is 2.29. The van der Waals surface area contributed by atoms with Gasteiger partial charge in [-0.1, -0.05) is 0 Å². The highest BCUT2D eigenvalue weighted by atomic mass is 16.5. The molecule has 0 spiro atoms. The lowest BCUT2D eigenvalue weighted by atomic mass is 10.2. The molecular formula is C13H17N3O2. The minimum absolute atomic E-state index is 0.00901. The van der Waals surface area contributed by atoms with E-state index in [1.165, 1.54) is 0 Å². The number of rotatable bonds is 6. The molecule has 0 radical (unpaired) electrons. The number of hydrogen-bond acceptors (Lipinski definition) is 4. The zero-order chi connectivity index (χ0) is 13.4. The van der Waals surface area contributed by atoms with Crippen LogP contribution in [0.5, 0.6) is 0 Å². The standard InChI is InChI=1S/C13H17N3O2/c1-10(9-18-2)16-13(17)8-15-12-5-3-11(7-14)4-6-12/h3-6,10,15H,8-9H2,1-2H3,(H,16,17). The number of carbonyl (C=O) groups is 1. The topological polar surface area (TPSA) is 74.2 Å². The fourth-order valence-electron chi connectivity index (χ4n) is 1.46. The van der Waals surface area contributed by atoms with Gasteiger partial charge in [0.05, 0.1) is 24.8 Å². The Morgan fingerprint density at radius 1 is 1.44 bits per heavy atom. The Hall–Kier alpha value is -2.06. The summed E-state index contributed by atoms with van der Waals surface area (Å²) in [4.78, 5) is 11.5. The maximum Gasteiger partial charge on any atom is 0.239 e. The Morgan fingerprint density at radius 3 is 2.67 bits per heavy atom. The van der Waals surface area contributed by atoms with Crippen LogP contribution in [0.1, 0.15) is 12.5 Å². The van der Waals surface area contributed by atoms with Gasteiger partial charge in [-0.3, -0.25) is 4.79 Å². The molecule has 18 heavy (non-hydrogen) atoms. The second kappa shape index (κ2) is 7.30. The lowest BCUT2D eigenvalue weighted by molar-refractivity contribution is -0.120. The average Bonchev–Trinajstić information content (AvgIpc) is 2.37. The summed E-state index contributed by atoms with van der Waals surface area (Å²) in [5.74, 6) is -0.0936. The van der Waals surface area contributed by atoms with Crippen molar-refractivity contribution in [3.05, 3.63) is 29.8 Å². The number of carbonyl (C=O) groups excluding carboxylic acids is 1. The van der Waals surface area contributed by atoms with Crippen molar-refractivity contribution in [2.45, 2.75) is 13.0 Å². The van der Waals surface area contributed by atoms with E-state index in [9.17, 15) is 4.79 Å². The van der Waals surface area contributed by atoms with Gasteiger partial charge in [0.15, 0.2) is 0 Å². The average molecular weight is 247 g/mol. The summed E-state index contributed by atoms with van der Waals surface area (Å²) in [5.41, 5.74) is 1.40. The molecule has 1 rings (SSSR count). The van der Waals surface area contributed by atoms with Gasteiger partial charge in [-0.15, -0.1) is 0 Å². The van der Waals surface area contributed by atoms with Crippen molar-refractivity contribution in [2.24, 2.45) is 0 Å². The van der Waals surface area contributed by atoms with Crippen molar-refractivity contribution in [3.8, 4) is 6.07 Å². The van der Waals surface area contributed by atoms with Crippen LogP contribution in [0.2, 0.25) is 0 Å². The van der Waals surface area contributed by atoms with Gasteiger partial charge in [-0.2, -0.15) is 5.26 Å². The van der Waals surface area contributed by atoms with E-state index in [0.29, 0.717) is 12.2 Å². The molecule has 0 aromatic heterocycles. The number of benzene rings is 1.